The van der Waals surface area contributed by atoms with Gasteiger partial charge < -0.3 is 5.32 Å². The summed E-state index contributed by atoms with van der Waals surface area (Å²) in [6.07, 6.45) is 3.87. The highest BCUT2D eigenvalue weighted by molar-refractivity contribution is 7.45. The Kier molecular flexibility index (Phi) is 9.90. The molecule has 5 nitrogen and oxygen atoms in total. The summed E-state index contributed by atoms with van der Waals surface area (Å²) in [7, 11) is 0.334. The Morgan fingerprint density at radius 2 is 1.89 bits per heavy atom. The molecule has 0 aliphatic carbocycles. The van der Waals surface area contributed by atoms with Gasteiger partial charge in [-0.2, -0.15) is 13.2 Å². The Hall–Kier alpha value is -2.97. The molecule has 2 aromatic rings. The lowest BCUT2D eigenvalue weighted by molar-refractivity contribution is -0.141. The first kappa shape index (κ1) is 29.6. The second-order valence-corrected chi connectivity index (χ2v) is 10.7. The smallest absolute Gasteiger partial charge is 0.322 e. The number of carbonyl (C=O) groups is 1. The molecule has 0 radical (unpaired) electrons. The average Bonchev–Trinajstić information content (AvgIpc) is 2.85. The second-order valence-electron chi connectivity index (χ2n) is 9.28. The van der Waals surface area contributed by atoms with Gasteiger partial charge in [0, 0.05) is 35.8 Å². The number of hydrogen-bond donors (Lipinski definition) is 2. The van der Waals surface area contributed by atoms with Gasteiger partial charge in [0.15, 0.2) is 11.6 Å². The molecule has 0 saturated carbocycles. The van der Waals surface area contributed by atoms with Gasteiger partial charge in [-0.05, 0) is 49.2 Å². The molecular weight excluding hydrogens is 522 g/mol. The number of aliphatic imine (C=N–C) groups is 1. The van der Waals surface area contributed by atoms with Gasteiger partial charge >= 0.3 is 6.18 Å². The molecule has 204 valence electrons. The van der Waals surface area contributed by atoms with Crippen molar-refractivity contribution in [2.75, 3.05) is 5.32 Å². The molecule has 1 aliphatic heterocycles. The third kappa shape index (κ3) is 7.77. The van der Waals surface area contributed by atoms with E-state index in [2.05, 4.69) is 46.6 Å². The number of alkyl halides is 3. The number of benzene rings is 1. The van der Waals surface area contributed by atoms with Crippen molar-refractivity contribution in [1.29, 1.82) is 0 Å². The van der Waals surface area contributed by atoms with Crippen LogP contribution in [0.5, 0.6) is 0 Å². The normalized spacial score (nSPS) is 19.5. The minimum atomic E-state index is -4.64. The summed E-state index contributed by atoms with van der Waals surface area (Å²) in [5.74, 6) is -2.74. The average molecular weight is 553 g/mol. The molecule has 3 rings (SSSR count). The van der Waals surface area contributed by atoms with Crippen molar-refractivity contribution in [2.24, 2.45) is 10.9 Å². The topological polar surface area (TPSA) is 66.4 Å². The molecule has 1 aromatic carbocycles. The Labute approximate surface area is 220 Å². The largest absolute Gasteiger partial charge is 0.433 e. The number of amides is 1. The van der Waals surface area contributed by atoms with Crippen LogP contribution in [0.25, 0.3) is 0 Å². The highest BCUT2D eigenvalue weighted by atomic mass is 31.1. The third-order valence-electron chi connectivity index (χ3n) is 5.67. The van der Waals surface area contributed by atoms with E-state index in [4.69, 9.17) is 0 Å². The van der Waals surface area contributed by atoms with Gasteiger partial charge in [0.2, 0.25) is 0 Å². The lowest BCUT2D eigenvalue weighted by atomic mass is 10.1. The number of allylic oxidation sites excluding steroid dienone is 3. The molecule has 2 heterocycles. The minimum absolute atomic E-state index is 0.00773. The molecule has 2 N–H and O–H groups in total. The molecule has 1 aromatic heterocycles. The first-order chi connectivity index (χ1) is 17.9. The summed E-state index contributed by atoms with van der Waals surface area (Å²) in [6.45, 7) is 7.97. The number of nitrogens with zero attached hydrogens (tertiary/aromatic N) is 2. The van der Waals surface area contributed by atoms with E-state index in [9.17, 15) is 26.7 Å². The lowest BCUT2D eigenvalue weighted by Gasteiger charge is -2.26. The fraction of sp³-hybridized carbons (Fsp3) is 0.370. The summed E-state index contributed by atoms with van der Waals surface area (Å²) >= 11 is 0. The van der Waals surface area contributed by atoms with Gasteiger partial charge in [0.1, 0.15) is 5.69 Å². The van der Waals surface area contributed by atoms with Crippen LogP contribution in [-0.4, -0.2) is 22.9 Å². The predicted octanol–water partition coefficient (Wildman–Crippen LogP) is 7.59. The molecule has 38 heavy (non-hydrogen) atoms. The van der Waals surface area contributed by atoms with Gasteiger partial charge in [0.25, 0.3) is 5.91 Å². The summed E-state index contributed by atoms with van der Waals surface area (Å²) < 4.78 is 67.4. The predicted molar refractivity (Wildman–Crippen MR) is 142 cm³/mol. The van der Waals surface area contributed by atoms with E-state index in [-0.39, 0.29) is 22.6 Å². The molecule has 11 heteroatoms. The summed E-state index contributed by atoms with van der Waals surface area (Å²) in [5.41, 5.74) is -0.423. The van der Waals surface area contributed by atoms with Crippen LogP contribution in [0.1, 0.15) is 68.2 Å². The zero-order valence-electron chi connectivity index (χ0n) is 21.5. The third-order valence-corrected chi connectivity index (χ3v) is 7.06. The zero-order chi connectivity index (χ0) is 28.0. The Morgan fingerprint density at radius 3 is 2.50 bits per heavy atom. The van der Waals surface area contributed by atoms with Crippen molar-refractivity contribution in [3.63, 3.8) is 0 Å². The van der Waals surface area contributed by atoms with Gasteiger partial charge in [-0.3, -0.25) is 20.1 Å². The van der Waals surface area contributed by atoms with Crippen LogP contribution in [0.15, 0.2) is 58.6 Å². The first-order valence-corrected chi connectivity index (χ1v) is 13.3. The highest BCUT2D eigenvalue weighted by Crippen LogP contribution is 2.39. The van der Waals surface area contributed by atoms with Crippen molar-refractivity contribution in [2.45, 2.75) is 58.5 Å². The maximum atomic E-state index is 14.8. The van der Waals surface area contributed by atoms with Crippen LogP contribution in [0, 0.1) is 17.6 Å². The first-order valence-electron chi connectivity index (χ1n) is 12.2. The number of rotatable bonds is 8. The van der Waals surface area contributed by atoms with Crippen LogP contribution in [-0.2, 0) is 6.18 Å². The van der Waals surface area contributed by atoms with Crippen LogP contribution in [0.2, 0.25) is 0 Å². The fourth-order valence-electron chi connectivity index (χ4n) is 3.72. The number of nitrogens with one attached hydrogen (secondary N) is 2. The van der Waals surface area contributed by atoms with E-state index in [0.717, 1.165) is 42.2 Å². The molecule has 0 fully saturated rings. The fourth-order valence-corrected chi connectivity index (χ4v) is 5.08. The van der Waals surface area contributed by atoms with Crippen molar-refractivity contribution in [3.8, 4) is 0 Å². The molecule has 1 aliphatic rings. The van der Waals surface area contributed by atoms with Crippen LogP contribution >= 0.6 is 8.58 Å². The maximum absolute atomic E-state index is 14.8. The van der Waals surface area contributed by atoms with Gasteiger partial charge in [-0.25, -0.2) is 8.78 Å². The second kappa shape index (κ2) is 12.7. The van der Waals surface area contributed by atoms with Gasteiger partial charge in [0.05, 0.1) is 17.0 Å². The number of pyridine rings is 1. The van der Waals surface area contributed by atoms with Crippen LogP contribution in [0.3, 0.4) is 0 Å². The molecule has 0 saturated heterocycles. The van der Waals surface area contributed by atoms with Gasteiger partial charge in [-0.1, -0.05) is 41.5 Å². The quantitative estimate of drug-likeness (QED) is 0.262. The Bertz CT molecular complexity index is 1240. The molecular formula is C27H30F5N4OP. The Balaban J connectivity index is 1.77. The zero-order valence-corrected chi connectivity index (χ0v) is 22.5. The van der Waals surface area contributed by atoms with Gasteiger partial charge in [-0.15, -0.1) is 0 Å². The number of halogens is 5. The van der Waals surface area contributed by atoms with Crippen molar-refractivity contribution >= 4 is 26.4 Å². The molecule has 1 amide bonds. The lowest BCUT2D eigenvalue weighted by Crippen LogP contribution is -2.31. The number of aromatic nitrogens is 1. The number of hydrogen-bond acceptors (Lipinski definition) is 4. The number of anilines is 1. The van der Waals surface area contributed by atoms with E-state index in [1.54, 1.807) is 13.1 Å². The van der Waals surface area contributed by atoms with E-state index in [1.165, 1.54) is 6.07 Å². The summed E-state index contributed by atoms with van der Waals surface area (Å²) in [5, 5.41) is 6.79. The maximum Gasteiger partial charge on any atom is 0.433 e. The SMILES string of the molecule is CC/C=C1/N=CC(NC(C)c2cc(NC(=O)c3ccc(C(F)(F)F)nc3)cc(F)c2F)P/C1=C\CC(C)C. The number of carbonyl (C=O) groups excluding carboxylic acids is 1. The monoisotopic (exact) mass is 552 g/mol. The summed E-state index contributed by atoms with van der Waals surface area (Å²) in [4.78, 5) is 20.3. The summed E-state index contributed by atoms with van der Waals surface area (Å²) in [6, 6.07) is 3.12. The standard InChI is InChI=1S/C27H30F5N4OP/c1-5-6-21-22(9-7-15(2)3)38-24(14-33-21)35-16(4)19-11-18(12-20(28)25(19)29)36-26(37)17-8-10-23(34-13-17)27(30,31)32/h6,8-16,24,35,38H,5,7H2,1-4H3,(H,36,37)/b21-6+,22-9-. The van der Waals surface area contributed by atoms with E-state index in [0.29, 0.717) is 20.6 Å². The van der Waals surface area contributed by atoms with Crippen molar-refractivity contribution < 1.29 is 26.7 Å². The Morgan fingerprint density at radius 1 is 1.16 bits per heavy atom. The van der Waals surface area contributed by atoms with E-state index in [1.807, 2.05) is 6.92 Å². The minimum Gasteiger partial charge on any atom is -0.322 e. The van der Waals surface area contributed by atoms with E-state index >= 15 is 0 Å². The van der Waals surface area contributed by atoms with Crippen LogP contribution < -0.4 is 10.6 Å². The van der Waals surface area contributed by atoms with Crippen LogP contribution in [0.4, 0.5) is 27.6 Å². The van der Waals surface area contributed by atoms with E-state index < -0.39 is 35.5 Å². The highest BCUT2D eigenvalue weighted by Gasteiger charge is 2.32. The van der Waals surface area contributed by atoms with Crippen molar-refractivity contribution in [1.82, 2.24) is 10.3 Å². The van der Waals surface area contributed by atoms with Crippen molar-refractivity contribution in [3.05, 3.63) is 82.1 Å². The molecule has 0 spiro atoms. The molecule has 0 bridgehead atoms. The molecule has 3 atom stereocenters. The molecule has 3 unspecified atom stereocenters.